The largest absolute Gasteiger partial charge is 0.390 e. The van der Waals surface area contributed by atoms with Crippen molar-refractivity contribution < 1.29 is 5.11 Å². The van der Waals surface area contributed by atoms with Crippen LogP contribution in [0.4, 0.5) is 0 Å². The highest BCUT2D eigenvalue weighted by atomic mass is 16.3. The number of nitrogens with zero attached hydrogens (tertiary/aromatic N) is 1. The number of hydrogen-bond donors (Lipinski definition) is 2. The molecule has 0 bridgehead atoms. The Balaban J connectivity index is 1.52. The lowest BCUT2D eigenvalue weighted by atomic mass is 9.97. The molecule has 3 nitrogen and oxygen atoms in total. The molecular weight excluding hydrogens is 440 g/mol. The molecule has 3 heteroatoms. The lowest BCUT2D eigenvalue weighted by Crippen LogP contribution is -2.31. The van der Waals surface area contributed by atoms with Crippen LogP contribution in [0.3, 0.4) is 0 Å². The minimum Gasteiger partial charge on any atom is -0.390 e. The SMILES string of the molecule is Cc1cc(C)c2c(c1)c(-c1ccccc1)c(-c1ccccc1)n2C[C@H](O)CNCCc1ccccc1. The van der Waals surface area contributed by atoms with Crippen LogP contribution in [0.1, 0.15) is 16.7 Å². The number of aromatic nitrogens is 1. The van der Waals surface area contributed by atoms with Crippen LogP contribution < -0.4 is 5.32 Å². The third-order valence-electron chi connectivity index (χ3n) is 6.81. The molecule has 0 fully saturated rings. The Labute approximate surface area is 214 Å². The Hall–Kier alpha value is -3.66. The zero-order valence-corrected chi connectivity index (χ0v) is 21.1. The summed E-state index contributed by atoms with van der Waals surface area (Å²) in [6.45, 7) is 6.25. The van der Waals surface area contributed by atoms with Gasteiger partial charge in [-0.05, 0) is 55.1 Å². The first-order chi connectivity index (χ1) is 17.6. The lowest BCUT2D eigenvalue weighted by Gasteiger charge is -2.18. The third-order valence-corrected chi connectivity index (χ3v) is 6.81. The van der Waals surface area contributed by atoms with Crippen molar-refractivity contribution in [1.82, 2.24) is 9.88 Å². The van der Waals surface area contributed by atoms with Gasteiger partial charge < -0.3 is 15.0 Å². The van der Waals surface area contributed by atoms with Crippen molar-refractivity contribution in [3.8, 4) is 22.4 Å². The van der Waals surface area contributed by atoms with Gasteiger partial charge in [0.05, 0.1) is 23.9 Å². The molecule has 5 rings (SSSR count). The number of fused-ring (bicyclic) bond motifs is 1. The van der Waals surface area contributed by atoms with E-state index in [2.05, 4.69) is 121 Å². The highest BCUT2D eigenvalue weighted by Crippen LogP contribution is 2.42. The van der Waals surface area contributed by atoms with Gasteiger partial charge in [0, 0.05) is 17.5 Å². The average molecular weight is 475 g/mol. The molecular formula is C33H34N2O. The van der Waals surface area contributed by atoms with Crippen LogP contribution in [0.2, 0.25) is 0 Å². The Kier molecular flexibility index (Phi) is 7.31. The maximum absolute atomic E-state index is 11.2. The first-order valence-corrected chi connectivity index (χ1v) is 12.8. The van der Waals surface area contributed by atoms with Gasteiger partial charge >= 0.3 is 0 Å². The molecule has 0 saturated heterocycles. The molecule has 0 aliphatic carbocycles. The van der Waals surface area contributed by atoms with Gasteiger partial charge in [-0.3, -0.25) is 0 Å². The summed E-state index contributed by atoms with van der Waals surface area (Å²) in [7, 11) is 0. The van der Waals surface area contributed by atoms with Gasteiger partial charge in [0.25, 0.3) is 0 Å². The minimum absolute atomic E-state index is 0.511. The van der Waals surface area contributed by atoms with E-state index >= 15 is 0 Å². The van der Waals surface area contributed by atoms with Crippen LogP contribution in [0, 0.1) is 13.8 Å². The molecule has 0 unspecified atom stereocenters. The first-order valence-electron chi connectivity index (χ1n) is 12.8. The molecule has 36 heavy (non-hydrogen) atoms. The number of rotatable bonds is 9. The Morgan fingerprint density at radius 2 is 1.39 bits per heavy atom. The Morgan fingerprint density at radius 3 is 2.06 bits per heavy atom. The Bertz CT molecular complexity index is 1420. The fourth-order valence-electron chi connectivity index (χ4n) is 5.28. The van der Waals surface area contributed by atoms with Gasteiger partial charge in [0.2, 0.25) is 0 Å². The second-order valence-corrected chi connectivity index (χ2v) is 9.64. The molecule has 2 N–H and O–H groups in total. The summed E-state index contributed by atoms with van der Waals surface area (Å²) in [6, 6.07) is 36.2. The summed E-state index contributed by atoms with van der Waals surface area (Å²) in [5, 5.41) is 15.9. The standard InChI is InChI=1S/C33H34N2O/c1-24-20-25(2)32-30(21-24)31(27-14-8-4-9-15-27)33(28-16-10-5-11-17-28)35(32)23-29(36)22-34-19-18-26-12-6-3-7-13-26/h3-17,20-21,29,34,36H,18-19,22-23H2,1-2H3/t29-/m1/s1. The van der Waals surface area contributed by atoms with E-state index in [0.29, 0.717) is 13.1 Å². The summed E-state index contributed by atoms with van der Waals surface area (Å²) in [5.74, 6) is 0. The predicted molar refractivity (Wildman–Crippen MR) is 151 cm³/mol. The monoisotopic (exact) mass is 474 g/mol. The number of hydrogen-bond acceptors (Lipinski definition) is 2. The second-order valence-electron chi connectivity index (χ2n) is 9.64. The van der Waals surface area contributed by atoms with Crippen LogP contribution in [-0.2, 0) is 13.0 Å². The molecule has 1 atom stereocenters. The van der Waals surface area contributed by atoms with Crippen molar-refractivity contribution in [3.63, 3.8) is 0 Å². The molecule has 0 aliphatic heterocycles. The summed E-state index contributed by atoms with van der Waals surface area (Å²) in [6.07, 6.45) is 0.439. The van der Waals surface area contributed by atoms with Crippen molar-refractivity contribution in [2.45, 2.75) is 32.9 Å². The van der Waals surface area contributed by atoms with E-state index in [1.807, 2.05) is 6.07 Å². The maximum Gasteiger partial charge on any atom is 0.0843 e. The molecule has 4 aromatic carbocycles. The molecule has 0 saturated carbocycles. The topological polar surface area (TPSA) is 37.2 Å². The first kappa shape index (κ1) is 24.1. The van der Waals surface area contributed by atoms with E-state index in [-0.39, 0.29) is 0 Å². The summed E-state index contributed by atoms with van der Waals surface area (Å²) in [4.78, 5) is 0. The van der Waals surface area contributed by atoms with Crippen molar-refractivity contribution in [1.29, 1.82) is 0 Å². The van der Waals surface area contributed by atoms with E-state index < -0.39 is 6.10 Å². The van der Waals surface area contributed by atoms with Crippen molar-refractivity contribution in [3.05, 3.63) is 120 Å². The van der Waals surface area contributed by atoms with Crippen LogP contribution in [0.15, 0.2) is 103 Å². The van der Waals surface area contributed by atoms with Gasteiger partial charge in [0.15, 0.2) is 0 Å². The quantitative estimate of drug-likeness (QED) is 0.231. The summed E-state index contributed by atoms with van der Waals surface area (Å²) < 4.78 is 2.34. The minimum atomic E-state index is -0.511. The van der Waals surface area contributed by atoms with E-state index in [1.54, 1.807) is 0 Å². The molecule has 0 amide bonds. The molecule has 1 aromatic heterocycles. The van der Waals surface area contributed by atoms with E-state index in [4.69, 9.17) is 0 Å². The van der Waals surface area contributed by atoms with E-state index in [0.717, 1.165) is 24.2 Å². The van der Waals surface area contributed by atoms with E-state index in [9.17, 15) is 5.11 Å². The zero-order chi connectivity index (χ0) is 24.9. The van der Waals surface area contributed by atoms with Crippen LogP contribution in [-0.4, -0.2) is 28.9 Å². The third kappa shape index (κ3) is 5.13. The predicted octanol–water partition coefficient (Wildman–Crippen LogP) is 6.79. The van der Waals surface area contributed by atoms with Crippen LogP contribution in [0.5, 0.6) is 0 Å². The fraction of sp³-hybridized carbons (Fsp3) is 0.212. The van der Waals surface area contributed by atoms with Crippen molar-refractivity contribution >= 4 is 10.9 Å². The molecule has 0 spiro atoms. The number of nitrogens with one attached hydrogen (secondary N) is 1. The molecule has 182 valence electrons. The van der Waals surface area contributed by atoms with Gasteiger partial charge in [-0.2, -0.15) is 0 Å². The highest BCUT2D eigenvalue weighted by Gasteiger charge is 2.23. The summed E-state index contributed by atoms with van der Waals surface area (Å²) >= 11 is 0. The summed E-state index contributed by atoms with van der Waals surface area (Å²) in [5.41, 5.74) is 9.73. The van der Waals surface area contributed by atoms with E-state index in [1.165, 1.54) is 38.7 Å². The van der Waals surface area contributed by atoms with Crippen LogP contribution >= 0.6 is 0 Å². The average Bonchev–Trinajstić information content (AvgIpc) is 3.22. The lowest BCUT2D eigenvalue weighted by molar-refractivity contribution is 0.154. The highest BCUT2D eigenvalue weighted by molar-refractivity contribution is 6.06. The smallest absolute Gasteiger partial charge is 0.0843 e. The molecule has 0 radical (unpaired) electrons. The number of benzene rings is 4. The Morgan fingerprint density at radius 1 is 0.778 bits per heavy atom. The van der Waals surface area contributed by atoms with Crippen molar-refractivity contribution in [2.24, 2.45) is 0 Å². The number of aliphatic hydroxyl groups excluding tert-OH is 1. The van der Waals surface area contributed by atoms with Crippen molar-refractivity contribution in [2.75, 3.05) is 13.1 Å². The fourth-order valence-corrected chi connectivity index (χ4v) is 5.28. The van der Waals surface area contributed by atoms with Gasteiger partial charge in [-0.15, -0.1) is 0 Å². The zero-order valence-electron chi connectivity index (χ0n) is 21.1. The maximum atomic E-state index is 11.2. The van der Waals surface area contributed by atoms with Gasteiger partial charge in [-0.1, -0.05) is 103 Å². The second kappa shape index (κ2) is 10.9. The van der Waals surface area contributed by atoms with Crippen LogP contribution in [0.25, 0.3) is 33.3 Å². The molecule has 5 aromatic rings. The number of aryl methyl sites for hydroxylation is 2. The van der Waals surface area contributed by atoms with Gasteiger partial charge in [0.1, 0.15) is 0 Å². The molecule has 0 aliphatic rings. The number of aliphatic hydroxyl groups is 1. The molecule has 1 heterocycles. The normalized spacial score (nSPS) is 12.2. The van der Waals surface area contributed by atoms with Gasteiger partial charge in [-0.25, -0.2) is 0 Å².